The number of hydrogen-bond donors (Lipinski definition) is 2. The fourth-order valence-electron chi connectivity index (χ4n) is 4.17. The predicted octanol–water partition coefficient (Wildman–Crippen LogP) is 1.50. The van der Waals surface area contributed by atoms with E-state index in [1.54, 1.807) is 7.11 Å². The fourth-order valence-corrected chi connectivity index (χ4v) is 4.17. The van der Waals surface area contributed by atoms with Crippen molar-refractivity contribution in [1.29, 1.82) is 0 Å². The second kappa shape index (κ2) is 6.53. The van der Waals surface area contributed by atoms with E-state index in [2.05, 4.69) is 15.8 Å². The maximum Gasteiger partial charge on any atom is 0.226 e. The normalized spacial score (nSPS) is 29.5. The van der Waals surface area contributed by atoms with Gasteiger partial charge in [-0.3, -0.25) is 4.79 Å². The molecule has 2 heterocycles. The molecule has 2 aromatic rings. The summed E-state index contributed by atoms with van der Waals surface area (Å²) in [7, 11) is 1.73. The summed E-state index contributed by atoms with van der Waals surface area (Å²) in [4.78, 5) is 12.5. The van der Waals surface area contributed by atoms with Crippen LogP contribution in [0.25, 0.3) is 11.0 Å². The Morgan fingerprint density at radius 2 is 2.12 bits per heavy atom. The summed E-state index contributed by atoms with van der Waals surface area (Å²) < 4.78 is 10.9. The number of nitrogens with zero attached hydrogens (tertiary/aromatic N) is 1. The van der Waals surface area contributed by atoms with Gasteiger partial charge in [-0.2, -0.15) is 0 Å². The van der Waals surface area contributed by atoms with E-state index in [1.165, 1.54) is 0 Å². The smallest absolute Gasteiger partial charge is 0.226 e. The highest BCUT2D eigenvalue weighted by Crippen LogP contribution is 2.34. The first-order chi connectivity index (χ1) is 11.7. The number of carbonyl (C=O) groups excluding carboxylic acids is 1. The molecule has 1 saturated heterocycles. The van der Waals surface area contributed by atoms with Crippen molar-refractivity contribution >= 4 is 16.9 Å². The van der Waals surface area contributed by atoms with Crippen LogP contribution in [0, 0.1) is 11.8 Å². The molecule has 1 aliphatic carbocycles. The topological polar surface area (TPSA) is 76.4 Å². The van der Waals surface area contributed by atoms with Crippen LogP contribution in [0.2, 0.25) is 0 Å². The van der Waals surface area contributed by atoms with E-state index in [4.69, 9.17) is 9.26 Å². The lowest BCUT2D eigenvalue weighted by Gasteiger charge is -2.37. The number of benzene rings is 1. The Labute approximate surface area is 140 Å². The number of rotatable bonds is 4. The van der Waals surface area contributed by atoms with Crippen molar-refractivity contribution in [1.82, 2.24) is 15.8 Å². The zero-order valence-corrected chi connectivity index (χ0v) is 13.8. The van der Waals surface area contributed by atoms with Crippen molar-refractivity contribution in [2.75, 3.05) is 20.2 Å². The highest BCUT2D eigenvalue weighted by atomic mass is 16.5. The van der Waals surface area contributed by atoms with Gasteiger partial charge >= 0.3 is 0 Å². The maximum absolute atomic E-state index is 12.5. The molecule has 4 atom stereocenters. The lowest BCUT2D eigenvalue weighted by atomic mass is 9.77. The van der Waals surface area contributed by atoms with Crippen LogP contribution in [-0.2, 0) is 16.0 Å². The van der Waals surface area contributed by atoms with Crippen LogP contribution < -0.4 is 10.6 Å². The molecule has 2 N–H and O–H groups in total. The molecule has 1 saturated carbocycles. The van der Waals surface area contributed by atoms with Crippen LogP contribution in [0.3, 0.4) is 0 Å². The molecule has 0 bridgehead atoms. The molecular formula is C18H23N3O3. The SMILES string of the molecule is CO[C@H]1C[C@@H]2CNC[C@@H]2C[C@@H]1NC(=O)Cc1noc2ccccc12. The van der Waals surface area contributed by atoms with E-state index in [9.17, 15) is 4.79 Å². The standard InChI is InChI=1S/C18H23N3O3/c1-23-17-7-12-10-19-9-11(12)6-15(17)20-18(22)8-14-13-4-2-3-5-16(13)24-21-14/h2-5,11-12,15,17,19H,6-10H2,1H3,(H,20,22)/t11-,12+,15-,17-/m0/s1. The summed E-state index contributed by atoms with van der Waals surface area (Å²) in [5, 5.41) is 11.6. The molecule has 1 amide bonds. The average Bonchev–Trinajstić information content (AvgIpc) is 3.21. The van der Waals surface area contributed by atoms with Crippen LogP contribution in [-0.4, -0.2) is 43.4 Å². The van der Waals surface area contributed by atoms with E-state index < -0.39 is 0 Å². The highest BCUT2D eigenvalue weighted by molar-refractivity contribution is 5.86. The number of nitrogens with one attached hydrogen (secondary N) is 2. The Morgan fingerprint density at radius 3 is 2.96 bits per heavy atom. The van der Waals surface area contributed by atoms with Crippen molar-refractivity contribution < 1.29 is 14.1 Å². The summed E-state index contributed by atoms with van der Waals surface area (Å²) in [5.74, 6) is 1.28. The zero-order chi connectivity index (χ0) is 16.5. The molecule has 1 aromatic carbocycles. The number of carbonyl (C=O) groups is 1. The number of hydrogen-bond acceptors (Lipinski definition) is 5. The van der Waals surface area contributed by atoms with Gasteiger partial charge in [0, 0.05) is 12.5 Å². The second-order valence-corrected chi connectivity index (χ2v) is 6.90. The lowest BCUT2D eigenvalue weighted by molar-refractivity contribution is -0.123. The average molecular weight is 329 g/mol. The lowest BCUT2D eigenvalue weighted by Crippen LogP contribution is -2.50. The molecule has 24 heavy (non-hydrogen) atoms. The Bertz CT molecular complexity index is 729. The molecule has 2 aliphatic rings. The summed E-state index contributed by atoms with van der Waals surface area (Å²) in [5.41, 5.74) is 1.40. The van der Waals surface area contributed by atoms with Crippen LogP contribution >= 0.6 is 0 Å². The van der Waals surface area contributed by atoms with Crippen molar-refractivity contribution in [3.63, 3.8) is 0 Å². The van der Waals surface area contributed by atoms with Crippen molar-refractivity contribution in [3.8, 4) is 0 Å². The monoisotopic (exact) mass is 329 g/mol. The van der Waals surface area contributed by atoms with Gasteiger partial charge in [-0.15, -0.1) is 0 Å². The largest absolute Gasteiger partial charge is 0.379 e. The quantitative estimate of drug-likeness (QED) is 0.889. The minimum absolute atomic E-state index is 0.0227. The van der Waals surface area contributed by atoms with E-state index >= 15 is 0 Å². The predicted molar refractivity (Wildman–Crippen MR) is 89.5 cm³/mol. The van der Waals surface area contributed by atoms with E-state index in [1.807, 2.05) is 24.3 Å². The fraction of sp³-hybridized carbons (Fsp3) is 0.556. The van der Waals surface area contributed by atoms with Crippen LogP contribution in [0.4, 0.5) is 0 Å². The summed E-state index contributed by atoms with van der Waals surface area (Å²) in [6.07, 6.45) is 2.30. The van der Waals surface area contributed by atoms with E-state index in [0.29, 0.717) is 23.1 Å². The number of amides is 1. The maximum atomic E-state index is 12.5. The summed E-state index contributed by atoms with van der Waals surface area (Å²) in [6, 6.07) is 7.69. The van der Waals surface area contributed by atoms with Gasteiger partial charge in [0.05, 0.1) is 18.6 Å². The van der Waals surface area contributed by atoms with Gasteiger partial charge in [-0.25, -0.2) is 0 Å². The third-order valence-corrected chi connectivity index (χ3v) is 5.45. The Balaban J connectivity index is 1.43. The van der Waals surface area contributed by atoms with Crippen LogP contribution in [0.1, 0.15) is 18.5 Å². The molecule has 1 aliphatic heterocycles. The minimum atomic E-state index is -0.0227. The molecule has 0 unspecified atom stereocenters. The summed E-state index contributed by atoms with van der Waals surface area (Å²) in [6.45, 7) is 2.11. The van der Waals surface area contributed by atoms with Gasteiger partial charge in [-0.1, -0.05) is 17.3 Å². The first-order valence-corrected chi connectivity index (χ1v) is 8.60. The third-order valence-electron chi connectivity index (χ3n) is 5.45. The number of fused-ring (bicyclic) bond motifs is 2. The van der Waals surface area contributed by atoms with Gasteiger partial charge in [0.1, 0.15) is 5.69 Å². The van der Waals surface area contributed by atoms with Gasteiger partial charge in [0.25, 0.3) is 0 Å². The number of ether oxygens (including phenoxy) is 1. The van der Waals surface area contributed by atoms with Crippen molar-refractivity contribution in [3.05, 3.63) is 30.0 Å². The second-order valence-electron chi connectivity index (χ2n) is 6.90. The van der Waals surface area contributed by atoms with Crippen molar-refractivity contribution in [2.24, 2.45) is 11.8 Å². The number of para-hydroxylation sites is 1. The van der Waals surface area contributed by atoms with E-state index in [0.717, 1.165) is 31.3 Å². The first kappa shape index (κ1) is 15.6. The van der Waals surface area contributed by atoms with Gasteiger partial charge < -0.3 is 19.9 Å². The molecular weight excluding hydrogens is 306 g/mol. The van der Waals surface area contributed by atoms with Crippen LogP contribution in [0.5, 0.6) is 0 Å². The molecule has 0 spiro atoms. The molecule has 128 valence electrons. The van der Waals surface area contributed by atoms with Gasteiger partial charge in [0.15, 0.2) is 5.58 Å². The first-order valence-electron chi connectivity index (χ1n) is 8.60. The zero-order valence-electron chi connectivity index (χ0n) is 13.8. The Kier molecular flexibility index (Phi) is 4.24. The van der Waals surface area contributed by atoms with Crippen LogP contribution in [0.15, 0.2) is 28.8 Å². The highest BCUT2D eigenvalue weighted by Gasteiger charge is 2.40. The number of methoxy groups -OCH3 is 1. The summed E-state index contributed by atoms with van der Waals surface area (Å²) >= 11 is 0. The van der Waals surface area contributed by atoms with E-state index in [-0.39, 0.29) is 24.5 Å². The molecule has 0 radical (unpaired) electrons. The third kappa shape index (κ3) is 2.91. The molecule has 2 fully saturated rings. The molecule has 6 nitrogen and oxygen atoms in total. The minimum Gasteiger partial charge on any atom is -0.379 e. The van der Waals surface area contributed by atoms with Gasteiger partial charge in [0.2, 0.25) is 5.91 Å². The molecule has 6 heteroatoms. The molecule has 1 aromatic heterocycles. The number of aromatic nitrogens is 1. The molecule has 4 rings (SSSR count). The Hall–Kier alpha value is -1.92. The Morgan fingerprint density at radius 1 is 1.33 bits per heavy atom. The van der Waals surface area contributed by atoms with Crippen molar-refractivity contribution in [2.45, 2.75) is 31.4 Å². The van der Waals surface area contributed by atoms with Gasteiger partial charge in [-0.05, 0) is 49.9 Å².